The lowest BCUT2D eigenvalue weighted by atomic mass is 10.0. The number of rotatable bonds is 9. The molecule has 6 nitrogen and oxygen atoms in total. The molecule has 3 aromatic rings. The Kier molecular flexibility index (Phi) is 7.30. The summed E-state index contributed by atoms with van der Waals surface area (Å²) < 4.78 is 28.6. The smallest absolute Gasteiger partial charge is 0.313 e. The first-order valence-electron chi connectivity index (χ1n) is 10.7. The van der Waals surface area contributed by atoms with Crippen LogP contribution in [-0.4, -0.2) is 20.9 Å². The molecule has 3 N–H and O–H groups in total. The largest absolute Gasteiger partial charge is 0.346 e. The molecule has 0 aliphatic carbocycles. The SMILES string of the molecule is CCNCc1cccc(-c2ccc([S+](=O)(O)Nc3c(CC(C)C)nn(C)c3C)cc2)c1. The van der Waals surface area contributed by atoms with Crippen LogP contribution in [0.1, 0.15) is 37.7 Å². The lowest BCUT2D eigenvalue weighted by Gasteiger charge is -2.10. The monoisotopic (exact) mass is 441 g/mol. The standard InChI is InChI=1S/C24H32N4O2S/c1-6-25-16-19-8-7-9-21(15-19)20-10-12-22(13-11-20)31(29,30)27-24-18(4)28(5)26-23(24)14-17(2)3/h7-13,15,17,25H,6,14,16H2,1-5H3,(H-,27,29,30)/p+1. The van der Waals surface area contributed by atoms with Crippen molar-refractivity contribution in [3.63, 3.8) is 0 Å². The van der Waals surface area contributed by atoms with Crippen LogP contribution in [0, 0.1) is 12.8 Å². The van der Waals surface area contributed by atoms with E-state index in [0.29, 0.717) is 16.5 Å². The van der Waals surface area contributed by atoms with Crippen LogP contribution in [-0.2, 0) is 34.6 Å². The Labute approximate surface area is 186 Å². The minimum Gasteiger partial charge on any atom is -0.313 e. The quantitative estimate of drug-likeness (QED) is 0.406. The zero-order valence-corrected chi connectivity index (χ0v) is 19.8. The van der Waals surface area contributed by atoms with Crippen LogP contribution in [0.25, 0.3) is 11.1 Å². The number of nitrogens with zero attached hydrogens (tertiary/aromatic N) is 2. The highest BCUT2D eigenvalue weighted by atomic mass is 32.3. The van der Waals surface area contributed by atoms with Gasteiger partial charge in [-0.2, -0.15) is 14.4 Å². The summed E-state index contributed by atoms with van der Waals surface area (Å²) in [5, 5.41) is 7.86. The zero-order valence-electron chi connectivity index (χ0n) is 19.0. The Morgan fingerprint density at radius 3 is 2.48 bits per heavy atom. The Balaban J connectivity index is 1.83. The molecule has 7 heteroatoms. The van der Waals surface area contributed by atoms with Crippen LogP contribution in [0.3, 0.4) is 0 Å². The van der Waals surface area contributed by atoms with Crippen molar-refractivity contribution in [3.8, 4) is 11.1 Å². The van der Waals surface area contributed by atoms with Crippen LogP contribution in [0.15, 0.2) is 53.4 Å². The van der Waals surface area contributed by atoms with Crippen molar-refractivity contribution in [2.24, 2.45) is 13.0 Å². The molecule has 0 aliphatic heterocycles. The summed E-state index contributed by atoms with van der Waals surface area (Å²) in [7, 11) is -1.61. The maximum absolute atomic E-state index is 13.2. The lowest BCUT2D eigenvalue weighted by Crippen LogP contribution is -2.21. The number of aryl methyl sites for hydroxylation is 1. The van der Waals surface area contributed by atoms with Gasteiger partial charge in [0, 0.05) is 13.6 Å². The van der Waals surface area contributed by atoms with E-state index in [1.807, 2.05) is 32.2 Å². The van der Waals surface area contributed by atoms with Gasteiger partial charge < -0.3 is 5.32 Å². The number of nitrogens with one attached hydrogen (secondary N) is 2. The second-order valence-corrected chi connectivity index (χ2v) is 9.99. The van der Waals surface area contributed by atoms with Crippen LogP contribution in [0.5, 0.6) is 0 Å². The van der Waals surface area contributed by atoms with Gasteiger partial charge >= 0.3 is 10.4 Å². The molecule has 3 rings (SSSR count). The molecule has 0 fully saturated rings. The summed E-state index contributed by atoms with van der Waals surface area (Å²) >= 11 is 0. The highest BCUT2D eigenvalue weighted by Gasteiger charge is 2.32. The van der Waals surface area contributed by atoms with Gasteiger partial charge in [-0.15, -0.1) is 0 Å². The van der Waals surface area contributed by atoms with E-state index in [9.17, 15) is 8.76 Å². The first kappa shape index (κ1) is 23.2. The third kappa shape index (κ3) is 5.61. The minimum atomic E-state index is -3.46. The van der Waals surface area contributed by atoms with Crippen molar-refractivity contribution in [1.82, 2.24) is 15.1 Å². The number of anilines is 1. The fourth-order valence-electron chi connectivity index (χ4n) is 3.50. The minimum absolute atomic E-state index is 0.346. The third-order valence-electron chi connectivity index (χ3n) is 5.26. The van der Waals surface area contributed by atoms with Crippen molar-refractivity contribution in [3.05, 3.63) is 65.5 Å². The van der Waals surface area contributed by atoms with Gasteiger partial charge in [0.15, 0.2) is 0 Å². The van der Waals surface area contributed by atoms with Gasteiger partial charge in [0.2, 0.25) is 4.90 Å². The topological polar surface area (TPSA) is 79.2 Å². The summed E-state index contributed by atoms with van der Waals surface area (Å²) in [6, 6.07) is 15.5. The average molecular weight is 442 g/mol. The molecule has 0 aliphatic rings. The average Bonchev–Trinajstić information content (AvgIpc) is 2.99. The van der Waals surface area contributed by atoms with Crippen molar-refractivity contribution in [1.29, 1.82) is 0 Å². The van der Waals surface area contributed by atoms with Gasteiger partial charge in [-0.3, -0.25) is 4.68 Å². The van der Waals surface area contributed by atoms with E-state index in [1.54, 1.807) is 16.8 Å². The van der Waals surface area contributed by atoms with E-state index >= 15 is 0 Å². The maximum atomic E-state index is 13.2. The van der Waals surface area contributed by atoms with Gasteiger partial charge in [-0.05, 0) is 77.0 Å². The van der Waals surface area contributed by atoms with E-state index in [-0.39, 0.29) is 0 Å². The van der Waals surface area contributed by atoms with E-state index in [4.69, 9.17) is 0 Å². The predicted molar refractivity (Wildman–Crippen MR) is 128 cm³/mol. The number of benzene rings is 2. The Morgan fingerprint density at radius 1 is 1.13 bits per heavy atom. The Bertz CT molecular complexity index is 1070. The summed E-state index contributed by atoms with van der Waals surface area (Å²) in [4.78, 5) is 0.346. The van der Waals surface area contributed by atoms with E-state index < -0.39 is 10.4 Å². The zero-order chi connectivity index (χ0) is 22.6. The molecule has 0 saturated heterocycles. The van der Waals surface area contributed by atoms with E-state index in [2.05, 4.69) is 54.1 Å². The van der Waals surface area contributed by atoms with Gasteiger partial charge in [0.05, 0.1) is 11.4 Å². The molecule has 0 bridgehead atoms. The van der Waals surface area contributed by atoms with Gasteiger partial charge in [-0.25, -0.2) is 0 Å². The molecule has 166 valence electrons. The van der Waals surface area contributed by atoms with E-state index in [0.717, 1.165) is 42.0 Å². The Hall–Kier alpha value is -2.48. The van der Waals surface area contributed by atoms with Crippen molar-refractivity contribution in [2.75, 3.05) is 11.3 Å². The van der Waals surface area contributed by atoms with Crippen molar-refractivity contribution in [2.45, 2.75) is 45.6 Å². The number of aromatic nitrogens is 2. The summed E-state index contributed by atoms with van der Waals surface area (Å²) in [6.45, 7) is 9.94. The maximum Gasteiger partial charge on any atom is 0.346 e. The first-order valence-corrected chi connectivity index (χ1v) is 12.2. The predicted octanol–water partition coefficient (Wildman–Crippen LogP) is 5.06. The van der Waals surface area contributed by atoms with Crippen LogP contribution in [0.4, 0.5) is 5.69 Å². The summed E-state index contributed by atoms with van der Waals surface area (Å²) in [5.74, 6) is 0.396. The molecule has 0 radical (unpaired) electrons. The molecule has 1 unspecified atom stereocenters. The Morgan fingerprint density at radius 2 is 1.84 bits per heavy atom. The molecule has 1 atom stereocenters. The number of hydrogen-bond acceptors (Lipinski definition) is 3. The van der Waals surface area contributed by atoms with Crippen molar-refractivity contribution >= 4 is 16.1 Å². The summed E-state index contributed by atoms with van der Waals surface area (Å²) in [6.07, 6.45) is 0.738. The molecule has 0 amide bonds. The molecular formula is C24H33N4O2S+. The van der Waals surface area contributed by atoms with Crippen LogP contribution in [0.2, 0.25) is 0 Å². The number of hydrogen-bond donors (Lipinski definition) is 3. The molecule has 1 heterocycles. The normalized spacial score (nSPS) is 13.4. The van der Waals surface area contributed by atoms with Gasteiger partial charge in [0.1, 0.15) is 5.69 Å². The fourth-order valence-corrected chi connectivity index (χ4v) is 4.66. The molecule has 1 aromatic heterocycles. The molecule has 2 aromatic carbocycles. The lowest BCUT2D eigenvalue weighted by molar-refractivity contribution is 0.502. The third-order valence-corrected chi connectivity index (χ3v) is 6.65. The highest BCUT2D eigenvalue weighted by molar-refractivity contribution is 7.99. The first-order chi connectivity index (χ1) is 14.7. The highest BCUT2D eigenvalue weighted by Crippen LogP contribution is 2.29. The summed E-state index contributed by atoms with van der Waals surface area (Å²) in [5.41, 5.74) is 5.60. The van der Waals surface area contributed by atoms with Gasteiger partial charge in [-0.1, -0.05) is 39.0 Å². The van der Waals surface area contributed by atoms with E-state index in [1.165, 1.54) is 5.56 Å². The second-order valence-electron chi connectivity index (χ2n) is 8.26. The molecule has 31 heavy (non-hydrogen) atoms. The van der Waals surface area contributed by atoms with Crippen LogP contribution >= 0.6 is 0 Å². The van der Waals surface area contributed by atoms with Gasteiger partial charge in [0.25, 0.3) is 0 Å². The second kappa shape index (κ2) is 9.77. The molecular weight excluding hydrogens is 408 g/mol. The fraction of sp³-hybridized carbons (Fsp3) is 0.375. The van der Waals surface area contributed by atoms with Crippen molar-refractivity contribution < 1.29 is 8.76 Å². The van der Waals surface area contributed by atoms with Crippen LogP contribution < -0.4 is 10.0 Å². The molecule has 0 saturated carbocycles. The molecule has 0 spiro atoms.